The monoisotopic (exact) mass is 470 g/mol. The Bertz CT molecular complexity index is 1370. The first-order valence-electron chi connectivity index (χ1n) is 9.96. The van der Waals surface area contributed by atoms with Crippen LogP contribution in [-0.4, -0.2) is 54.5 Å². The van der Waals surface area contributed by atoms with Gasteiger partial charge in [-0.3, -0.25) is 34.4 Å². The molecule has 2 aromatic heterocycles. The molecule has 0 spiro atoms. The molecule has 1 atom stereocenters. The van der Waals surface area contributed by atoms with Gasteiger partial charge in [0.25, 0.3) is 11.8 Å². The highest BCUT2D eigenvalue weighted by Gasteiger charge is 2.46. The lowest BCUT2D eigenvalue weighted by Crippen LogP contribution is -2.54. The molecule has 0 radical (unpaired) electrons. The summed E-state index contributed by atoms with van der Waals surface area (Å²) in [6, 6.07) is 5.36. The summed E-state index contributed by atoms with van der Waals surface area (Å²) >= 11 is 0. The van der Waals surface area contributed by atoms with Gasteiger partial charge in [-0.1, -0.05) is 11.3 Å². The van der Waals surface area contributed by atoms with E-state index in [0.29, 0.717) is 0 Å². The van der Waals surface area contributed by atoms with E-state index in [9.17, 15) is 32.3 Å². The van der Waals surface area contributed by atoms with E-state index in [1.54, 1.807) is 0 Å². The maximum absolute atomic E-state index is 13.2. The second-order valence-electron chi connectivity index (χ2n) is 7.63. The van der Waals surface area contributed by atoms with Gasteiger partial charge in [0.2, 0.25) is 11.8 Å². The number of halogens is 3. The predicted molar refractivity (Wildman–Crippen MR) is 106 cm³/mol. The molecule has 2 aliphatic rings. The Kier molecular flexibility index (Phi) is 4.77. The Labute approximate surface area is 188 Å². The molecule has 13 heteroatoms. The molecular formula is C21H13F3N6O4. The van der Waals surface area contributed by atoms with Crippen molar-refractivity contribution >= 4 is 23.6 Å². The summed E-state index contributed by atoms with van der Waals surface area (Å²) in [6.45, 7) is 0. The standard InChI is InChI=1S/C21H13F3N6O4/c22-21(23,24)15-6-4-10(8-25-15)12-9-29(28-27-12)13-3-1-2-11-17(13)20(34)30(19(11)33)14-5-7-16(31)26-18(14)32/h1-4,6,8-9,14H,5,7H2,(H,26,31,32). The summed E-state index contributed by atoms with van der Waals surface area (Å²) in [5, 5.41) is 10.0. The zero-order valence-corrected chi connectivity index (χ0v) is 17.0. The van der Waals surface area contributed by atoms with E-state index in [4.69, 9.17) is 0 Å². The fourth-order valence-electron chi connectivity index (χ4n) is 3.91. The SMILES string of the molecule is O=C1CCC(N2C(=O)c3cccc(-n4cc(-c5ccc(C(F)(F)F)nc5)nn4)c3C2=O)C(=O)N1. The topological polar surface area (TPSA) is 127 Å². The zero-order valence-electron chi connectivity index (χ0n) is 17.0. The number of benzene rings is 1. The van der Waals surface area contributed by atoms with Crippen molar-refractivity contribution < 1.29 is 32.3 Å². The van der Waals surface area contributed by atoms with E-state index >= 15 is 0 Å². The molecule has 0 aliphatic carbocycles. The summed E-state index contributed by atoms with van der Waals surface area (Å²) in [4.78, 5) is 54.1. The smallest absolute Gasteiger partial charge is 0.295 e. The molecule has 1 N–H and O–H groups in total. The number of pyridine rings is 1. The molecule has 34 heavy (non-hydrogen) atoms. The van der Waals surface area contributed by atoms with E-state index in [1.165, 1.54) is 35.1 Å². The quantitative estimate of drug-likeness (QED) is 0.578. The van der Waals surface area contributed by atoms with Gasteiger partial charge < -0.3 is 0 Å². The molecule has 0 bridgehead atoms. The Hall–Kier alpha value is -4.42. The summed E-state index contributed by atoms with van der Waals surface area (Å²) in [5.41, 5.74) is -0.344. The first kappa shape index (κ1) is 21.4. The van der Waals surface area contributed by atoms with E-state index < -0.39 is 41.5 Å². The van der Waals surface area contributed by atoms with Gasteiger partial charge in [-0.25, -0.2) is 4.68 Å². The number of fused-ring (bicyclic) bond motifs is 1. The molecule has 2 aliphatic heterocycles. The molecule has 10 nitrogen and oxygen atoms in total. The molecule has 1 fully saturated rings. The van der Waals surface area contributed by atoms with Crippen molar-refractivity contribution in [1.29, 1.82) is 0 Å². The van der Waals surface area contributed by atoms with Crippen molar-refractivity contribution in [2.24, 2.45) is 0 Å². The number of aromatic nitrogens is 4. The fraction of sp³-hybridized carbons (Fsp3) is 0.190. The van der Waals surface area contributed by atoms with Crippen LogP contribution < -0.4 is 5.32 Å². The zero-order chi connectivity index (χ0) is 24.2. The van der Waals surface area contributed by atoms with E-state index in [0.717, 1.165) is 17.2 Å². The van der Waals surface area contributed by atoms with Crippen LogP contribution in [0.2, 0.25) is 0 Å². The first-order chi connectivity index (χ1) is 16.1. The second kappa shape index (κ2) is 7.57. The molecule has 4 heterocycles. The van der Waals surface area contributed by atoms with E-state index in [-0.39, 0.29) is 40.9 Å². The number of nitrogens with one attached hydrogen (secondary N) is 1. The summed E-state index contributed by atoms with van der Waals surface area (Å²) in [6.07, 6.45) is -2.19. The molecular weight excluding hydrogens is 457 g/mol. The van der Waals surface area contributed by atoms with Crippen LogP contribution in [0.15, 0.2) is 42.7 Å². The maximum atomic E-state index is 13.2. The number of alkyl halides is 3. The maximum Gasteiger partial charge on any atom is 0.433 e. The highest BCUT2D eigenvalue weighted by Crippen LogP contribution is 2.32. The van der Waals surface area contributed by atoms with Crippen LogP contribution >= 0.6 is 0 Å². The second-order valence-corrected chi connectivity index (χ2v) is 7.63. The van der Waals surface area contributed by atoms with Crippen molar-refractivity contribution in [3.05, 3.63) is 59.5 Å². The van der Waals surface area contributed by atoms with Crippen LogP contribution in [0.4, 0.5) is 13.2 Å². The van der Waals surface area contributed by atoms with E-state index in [1.807, 2.05) is 0 Å². The summed E-state index contributed by atoms with van der Waals surface area (Å²) < 4.78 is 39.5. The van der Waals surface area contributed by atoms with Gasteiger partial charge in [0, 0.05) is 18.2 Å². The molecule has 4 amide bonds. The van der Waals surface area contributed by atoms with Crippen LogP contribution in [-0.2, 0) is 15.8 Å². The van der Waals surface area contributed by atoms with Crippen molar-refractivity contribution in [3.63, 3.8) is 0 Å². The Balaban J connectivity index is 1.48. The molecule has 1 aromatic carbocycles. The van der Waals surface area contributed by atoms with Crippen LogP contribution in [0.1, 0.15) is 39.3 Å². The Morgan fingerprint density at radius 2 is 1.82 bits per heavy atom. The molecule has 1 unspecified atom stereocenters. The minimum Gasteiger partial charge on any atom is -0.295 e. The lowest BCUT2D eigenvalue weighted by molar-refractivity contribution is -0.141. The van der Waals surface area contributed by atoms with Crippen LogP contribution in [0.25, 0.3) is 16.9 Å². The average molecular weight is 470 g/mol. The molecule has 1 saturated heterocycles. The fourth-order valence-corrected chi connectivity index (χ4v) is 3.91. The number of amides is 4. The number of carbonyl (C=O) groups excluding carboxylic acids is 4. The van der Waals surface area contributed by atoms with E-state index in [2.05, 4.69) is 20.6 Å². The van der Waals surface area contributed by atoms with Crippen LogP contribution in [0.3, 0.4) is 0 Å². The number of nitrogens with zero attached hydrogens (tertiary/aromatic N) is 5. The van der Waals surface area contributed by atoms with Crippen molar-refractivity contribution in [1.82, 2.24) is 30.2 Å². The first-order valence-corrected chi connectivity index (χ1v) is 9.96. The predicted octanol–water partition coefficient (Wildman–Crippen LogP) is 1.75. The van der Waals surface area contributed by atoms with Crippen LogP contribution in [0, 0.1) is 0 Å². The summed E-state index contributed by atoms with van der Waals surface area (Å²) in [7, 11) is 0. The molecule has 3 aromatic rings. The Morgan fingerprint density at radius 1 is 1.03 bits per heavy atom. The minimum absolute atomic E-state index is 0.000746. The average Bonchev–Trinajstić information content (AvgIpc) is 3.38. The van der Waals surface area contributed by atoms with Crippen LogP contribution in [0.5, 0.6) is 0 Å². The summed E-state index contributed by atoms with van der Waals surface area (Å²) in [5.74, 6) is -2.61. The highest BCUT2D eigenvalue weighted by atomic mass is 19.4. The normalized spacial score (nSPS) is 18.3. The number of rotatable bonds is 3. The third-order valence-corrected chi connectivity index (χ3v) is 5.54. The van der Waals surface area contributed by atoms with Gasteiger partial charge >= 0.3 is 6.18 Å². The molecule has 5 rings (SSSR count). The molecule has 0 saturated carbocycles. The number of hydrogen-bond donors (Lipinski definition) is 1. The third-order valence-electron chi connectivity index (χ3n) is 5.54. The van der Waals surface area contributed by atoms with Gasteiger partial charge in [-0.05, 0) is 30.7 Å². The largest absolute Gasteiger partial charge is 0.433 e. The third kappa shape index (κ3) is 3.41. The number of carbonyl (C=O) groups is 4. The van der Waals surface area contributed by atoms with Gasteiger partial charge in [-0.15, -0.1) is 5.10 Å². The Morgan fingerprint density at radius 3 is 2.50 bits per heavy atom. The molecule has 172 valence electrons. The van der Waals surface area contributed by atoms with Gasteiger partial charge in [0.1, 0.15) is 17.4 Å². The van der Waals surface area contributed by atoms with Gasteiger partial charge in [0.15, 0.2) is 0 Å². The number of imide groups is 2. The number of piperidine rings is 1. The van der Waals surface area contributed by atoms with Crippen molar-refractivity contribution in [2.45, 2.75) is 25.1 Å². The van der Waals surface area contributed by atoms with Crippen molar-refractivity contribution in [3.8, 4) is 16.9 Å². The van der Waals surface area contributed by atoms with Gasteiger partial charge in [-0.2, -0.15) is 13.2 Å². The lowest BCUT2D eigenvalue weighted by atomic mass is 10.0. The number of hydrogen-bond acceptors (Lipinski definition) is 7. The highest BCUT2D eigenvalue weighted by molar-refractivity contribution is 6.24. The lowest BCUT2D eigenvalue weighted by Gasteiger charge is -2.27. The van der Waals surface area contributed by atoms with Crippen molar-refractivity contribution in [2.75, 3.05) is 0 Å². The van der Waals surface area contributed by atoms with Gasteiger partial charge in [0.05, 0.1) is 23.0 Å². The minimum atomic E-state index is -4.58.